The van der Waals surface area contributed by atoms with Crippen LogP contribution in [0.25, 0.3) is 0 Å². The fraction of sp³-hybridized carbons (Fsp3) is 0.294. The van der Waals surface area contributed by atoms with E-state index in [1.807, 2.05) is 24.3 Å². The van der Waals surface area contributed by atoms with Crippen molar-refractivity contribution in [3.63, 3.8) is 0 Å². The van der Waals surface area contributed by atoms with Crippen molar-refractivity contribution < 1.29 is 4.79 Å². The first kappa shape index (κ1) is 15.3. The van der Waals surface area contributed by atoms with Gasteiger partial charge in [-0.3, -0.25) is 4.79 Å². The minimum absolute atomic E-state index is 0.235. The van der Waals surface area contributed by atoms with Gasteiger partial charge >= 0.3 is 0 Å². The van der Waals surface area contributed by atoms with Crippen LogP contribution in [0, 0.1) is 0 Å². The Labute approximate surface area is 135 Å². The van der Waals surface area contributed by atoms with Crippen LogP contribution in [0.1, 0.15) is 10.4 Å². The molecule has 0 radical (unpaired) electrons. The summed E-state index contributed by atoms with van der Waals surface area (Å²) in [7, 11) is 2.14. The van der Waals surface area contributed by atoms with E-state index in [9.17, 15) is 4.79 Å². The molecular weight excluding hydrogens is 290 g/mol. The van der Waals surface area contributed by atoms with E-state index in [-0.39, 0.29) is 11.7 Å². The summed E-state index contributed by atoms with van der Waals surface area (Å²) in [6.07, 6.45) is 1.57. The lowest BCUT2D eigenvalue weighted by Crippen LogP contribution is -2.44. The number of nitrogen functional groups attached to an aromatic ring is 1. The maximum Gasteiger partial charge on any atom is 0.259 e. The van der Waals surface area contributed by atoms with Gasteiger partial charge in [-0.15, -0.1) is 0 Å². The zero-order valence-corrected chi connectivity index (χ0v) is 13.2. The van der Waals surface area contributed by atoms with E-state index < -0.39 is 0 Å². The standard InChI is InChI=1S/C17H21N5O/c1-21-9-11-22(12-10-21)14-6-4-13(5-7-14)20-17(23)15-3-2-8-19-16(15)18/h2-8H,9-12H2,1H3,(H2,18,19)(H,20,23). The third-order valence-corrected chi connectivity index (χ3v) is 4.08. The second-order valence-electron chi connectivity index (χ2n) is 5.73. The predicted molar refractivity (Wildman–Crippen MR) is 92.8 cm³/mol. The van der Waals surface area contributed by atoms with E-state index in [2.05, 4.69) is 27.1 Å². The van der Waals surface area contributed by atoms with Crippen LogP contribution in [0.4, 0.5) is 17.2 Å². The second-order valence-corrected chi connectivity index (χ2v) is 5.73. The van der Waals surface area contributed by atoms with E-state index in [1.165, 1.54) is 5.69 Å². The lowest BCUT2D eigenvalue weighted by molar-refractivity contribution is 0.102. The third-order valence-electron chi connectivity index (χ3n) is 4.08. The molecule has 6 heteroatoms. The van der Waals surface area contributed by atoms with Gasteiger partial charge in [0.25, 0.3) is 5.91 Å². The Morgan fingerprint density at radius 1 is 1.13 bits per heavy atom. The van der Waals surface area contributed by atoms with Gasteiger partial charge in [-0.2, -0.15) is 0 Å². The summed E-state index contributed by atoms with van der Waals surface area (Å²) < 4.78 is 0. The van der Waals surface area contributed by atoms with E-state index in [0.717, 1.165) is 31.9 Å². The third kappa shape index (κ3) is 3.60. The van der Waals surface area contributed by atoms with Gasteiger partial charge in [-0.05, 0) is 43.4 Å². The van der Waals surface area contributed by atoms with Gasteiger partial charge in [0.2, 0.25) is 0 Å². The molecule has 0 aliphatic carbocycles. The summed E-state index contributed by atoms with van der Waals surface area (Å²) in [5.41, 5.74) is 8.03. The number of likely N-dealkylation sites (N-methyl/N-ethyl adjacent to an activating group) is 1. The van der Waals surface area contributed by atoms with E-state index in [1.54, 1.807) is 18.3 Å². The van der Waals surface area contributed by atoms with Crippen LogP contribution in [0.5, 0.6) is 0 Å². The number of nitrogens with one attached hydrogen (secondary N) is 1. The molecular formula is C17H21N5O. The van der Waals surface area contributed by atoms with Crippen LogP contribution in [0.2, 0.25) is 0 Å². The molecule has 0 atom stereocenters. The van der Waals surface area contributed by atoms with Gasteiger partial charge in [0.05, 0.1) is 5.56 Å². The average molecular weight is 311 g/mol. The van der Waals surface area contributed by atoms with E-state index in [4.69, 9.17) is 5.73 Å². The highest BCUT2D eigenvalue weighted by Crippen LogP contribution is 2.20. The summed E-state index contributed by atoms with van der Waals surface area (Å²) in [6, 6.07) is 11.3. The molecule has 0 unspecified atom stereocenters. The van der Waals surface area contributed by atoms with Gasteiger partial charge in [0, 0.05) is 43.8 Å². The predicted octanol–water partition coefficient (Wildman–Crippen LogP) is 1.67. The highest BCUT2D eigenvalue weighted by atomic mass is 16.1. The van der Waals surface area contributed by atoms with Crippen molar-refractivity contribution in [1.82, 2.24) is 9.88 Å². The topological polar surface area (TPSA) is 74.5 Å². The summed E-state index contributed by atoms with van der Waals surface area (Å²) in [5.74, 6) is -0.0120. The Morgan fingerprint density at radius 3 is 2.48 bits per heavy atom. The van der Waals surface area contributed by atoms with Crippen LogP contribution >= 0.6 is 0 Å². The van der Waals surface area contributed by atoms with Crippen LogP contribution < -0.4 is 16.0 Å². The summed E-state index contributed by atoms with van der Waals surface area (Å²) >= 11 is 0. The van der Waals surface area contributed by atoms with E-state index in [0.29, 0.717) is 5.56 Å². The van der Waals surface area contributed by atoms with E-state index >= 15 is 0 Å². The number of anilines is 3. The van der Waals surface area contributed by atoms with Crippen molar-refractivity contribution in [3.8, 4) is 0 Å². The highest BCUT2D eigenvalue weighted by Gasteiger charge is 2.14. The molecule has 120 valence electrons. The molecule has 1 aromatic heterocycles. The largest absolute Gasteiger partial charge is 0.383 e. The molecule has 0 saturated carbocycles. The van der Waals surface area contributed by atoms with Crippen molar-refractivity contribution in [2.24, 2.45) is 0 Å². The number of rotatable bonds is 3. The fourth-order valence-corrected chi connectivity index (χ4v) is 2.63. The second kappa shape index (κ2) is 6.66. The molecule has 23 heavy (non-hydrogen) atoms. The van der Waals surface area contributed by atoms with Gasteiger partial charge in [0.1, 0.15) is 5.82 Å². The molecule has 1 fully saturated rings. The molecule has 0 spiro atoms. The van der Waals surface area contributed by atoms with Crippen molar-refractivity contribution in [2.45, 2.75) is 0 Å². The zero-order valence-electron chi connectivity index (χ0n) is 13.2. The Morgan fingerprint density at radius 2 is 1.83 bits per heavy atom. The molecule has 0 bridgehead atoms. The zero-order chi connectivity index (χ0) is 16.2. The number of nitrogens with zero attached hydrogens (tertiary/aromatic N) is 3. The molecule has 2 aromatic rings. The number of aromatic nitrogens is 1. The lowest BCUT2D eigenvalue weighted by atomic mass is 10.2. The van der Waals surface area contributed by atoms with Crippen LogP contribution in [0.3, 0.4) is 0 Å². The highest BCUT2D eigenvalue weighted by molar-refractivity contribution is 6.07. The molecule has 2 heterocycles. The monoisotopic (exact) mass is 311 g/mol. The van der Waals surface area contributed by atoms with Crippen molar-refractivity contribution in [1.29, 1.82) is 0 Å². The summed E-state index contributed by atoms with van der Waals surface area (Å²) in [6.45, 7) is 4.18. The first-order valence-corrected chi connectivity index (χ1v) is 7.69. The van der Waals surface area contributed by atoms with Crippen LogP contribution in [-0.2, 0) is 0 Å². The Hall–Kier alpha value is -2.60. The maximum atomic E-state index is 12.2. The molecule has 3 rings (SSSR count). The first-order valence-electron chi connectivity index (χ1n) is 7.69. The minimum atomic E-state index is -0.247. The molecule has 1 saturated heterocycles. The van der Waals surface area contributed by atoms with Crippen molar-refractivity contribution >= 4 is 23.1 Å². The number of carbonyl (C=O) groups excluding carboxylic acids is 1. The van der Waals surface area contributed by atoms with Crippen molar-refractivity contribution in [2.75, 3.05) is 49.2 Å². The molecule has 1 aliphatic heterocycles. The van der Waals surface area contributed by atoms with Gasteiger partial charge in [-0.1, -0.05) is 0 Å². The average Bonchev–Trinajstić information content (AvgIpc) is 2.57. The number of nitrogens with two attached hydrogens (primary N) is 1. The van der Waals surface area contributed by atoms with Gasteiger partial charge < -0.3 is 20.9 Å². The molecule has 3 N–H and O–H groups in total. The van der Waals surface area contributed by atoms with Gasteiger partial charge in [0.15, 0.2) is 0 Å². The quantitative estimate of drug-likeness (QED) is 0.902. The number of piperazine rings is 1. The number of amides is 1. The number of hydrogen-bond acceptors (Lipinski definition) is 5. The number of benzene rings is 1. The van der Waals surface area contributed by atoms with Crippen LogP contribution in [-0.4, -0.2) is 49.0 Å². The van der Waals surface area contributed by atoms with Crippen LogP contribution in [0.15, 0.2) is 42.6 Å². The Balaban J connectivity index is 1.66. The molecule has 1 aliphatic rings. The Bertz CT molecular complexity index is 678. The lowest BCUT2D eigenvalue weighted by Gasteiger charge is -2.34. The molecule has 6 nitrogen and oxygen atoms in total. The molecule has 1 aromatic carbocycles. The minimum Gasteiger partial charge on any atom is -0.383 e. The normalized spacial score (nSPS) is 15.4. The molecule has 1 amide bonds. The Kier molecular flexibility index (Phi) is 4.43. The summed E-state index contributed by atoms with van der Waals surface area (Å²) in [5, 5.41) is 2.85. The fourth-order valence-electron chi connectivity index (χ4n) is 2.63. The number of carbonyl (C=O) groups is 1. The first-order chi connectivity index (χ1) is 11.1. The number of pyridine rings is 1. The van der Waals surface area contributed by atoms with Gasteiger partial charge in [-0.25, -0.2) is 4.98 Å². The summed E-state index contributed by atoms with van der Waals surface area (Å²) in [4.78, 5) is 20.8. The SMILES string of the molecule is CN1CCN(c2ccc(NC(=O)c3cccnc3N)cc2)CC1. The smallest absolute Gasteiger partial charge is 0.259 e. The van der Waals surface area contributed by atoms with Crippen molar-refractivity contribution in [3.05, 3.63) is 48.2 Å². The maximum absolute atomic E-state index is 12.2. The number of hydrogen-bond donors (Lipinski definition) is 2.